The van der Waals surface area contributed by atoms with Crippen LogP contribution >= 0.6 is 27.3 Å². The van der Waals surface area contributed by atoms with Gasteiger partial charge in [0.15, 0.2) is 5.06 Å². The minimum Gasteiger partial charge on any atom is -0.486 e. The van der Waals surface area contributed by atoms with Crippen LogP contribution in [-0.4, -0.2) is 7.11 Å². The van der Waals surface area contributed by atoms with Crippen molar-refractivity contribution in [2.24, 2.45) is 0 Å². The highest BCUT2D eigenvalue weighted by molar-refractivity contribution is 9.10. The van der Waals surface area contributed by atoms with E-state index < -0.39 is 0 Å². The molecule has 0 aliphatic heterocycles. The summed E-state index contributed by atoms with van der Waals surface area (Å²) >= 11 is 4.87. The van der Waals surface area contributed by atoms with Crippen LogP contribution in [0.25, 0.3) is 10.1 Å². The number of hydrogen-bond donors (Lipinski definition) is 0. The number of benzene rings is 1. The van der Waals surface area contributed by atoms with Crippen molar-refractivity contribution in [2.45, 2.75) is 0 Å². The molecule has 0 atom stereocenters. The molecule has 2 rings (SSSR count). The Morgan fingerprint density at radius 1 is 1.50 bits per heavy atom. The van der Waals surface area contributed by atoms with E-state index in [-0.39, 0.29) is 0 Å². The second-order valence-corrected chi connectivity index (χ2v) is 4.65. The largest absolute Gasteiger partial charge is 0.486 e. The van der Waals surface area contributed by atoms with Gasteiger partial charge in [-0.1, -0.05) is 27.3 Å². The summed E-state index contributed by atoms with van der Waals surface area (Å²) in [6, 6.07) is 8.04. The summed E-state index contributed by atoms with van der Waals surface area (Å²) in [7, 11) is 1.58. The predicted molar refractivity (Wildman–Crippen MR) is 60.8 cm³/mol. The van der Waals surface area contributed by atoms with Gasteiger partial charge in [0.2, 0.25) is 0 Å². The first-order valence-electron chi connectivity index (χ1n) is 3.92. The molecule has 1 aromatic carbocycles. The zero-order valence-corrected chi connectivity index (χ0v) is 9.78. The highest BCUT2D eigenvalue weighted by Gasteiger charge is 2.11. The molecule has 2 nitrogen and oxygen atoms in total. The first-order valence-corrected chi connectivity index (χ1v) is 5.53. The van der Waals surface area contributed by atoms with Crippen molar-refractivity contribution in [2.75, 3.05) is 7.11 Å². The van der Waals surface area contributed by atoms with Crippen LogP contribution in [0.4, 0.5) is 0 Å². The molecule has 0 unspecified atom stereocenters. The molecule has 14 heavy (non-hydrogen) atoms. The van der Waals surface area contributed by atoms with E-state index in [0.717, 1.165) is 14.6 Å². The van der Waals surface area contributed by atoms with Crippen LogP contribution in [0.2, 0.25) is 0 Å². The molecular weight excluding hydrogens is 262 g/mol. The Kier molecular flexibility index (Phi) is 2.44. The fraction of sp³-hybridized carbons (Fsp3) is 0.100. The fourth-order valence-electron chi connectivity index (χ4n) is 1.30. The second-order valence-electron chi connectivity index (χ2n) is 2.72. The molecule has 0 saturated heterocycles. The number of ether oxygens (including phenoxy) is 1. The molecule has 0 amide bonds. The van der Waals surface area contributed by atoms with Gasteiger partial charge in [-0.15, -0.1) is 0 Å². The standard InChI is InChI=1S/C10H6BrNOS/c1-13-10-8(5-12)7-4-6(11)2-3-9(7)14-10/h2-4H,1H3. The summed E-state index contributed by atoms with van der Waals surface area (Å²) in [4.78, 5) is 0. The second kappa shape index (κ2) is 3.60. The summed E-state index contributed by atoms with van der Waals surface area (Å²) in [6.45, 7) is 0. The van der Waals surface area contributed by atoms with Gasteiger partial charge in [0, 0.05) is 14.6 Å². The van der Waals surface area contributed by atoms with Gasteiger partial charge in [0.1, 0.15) is 11.6 Å². The number of fused-ring (bicyclic) bond motifs is 1. The summed E-state index contributed by atoms with van der Waals surface area (Å²) in [5.41, 5.74) is 0.619. The maximum absolute atomic E-state index is 8.99. The van der Waals surface area contributed by atoms with Crippen molar-refractivity contribution in [1.82, 2.24) is 0 Å². The van der Waals surface area contributed by atoms with Crippen LogP contribution in [0.3, 0.4) is 0 Å². The Morgan fingerprint density at radius 2 is 2.29 bits per heavy atom. The maximum Gasteiger partial charge on any atom is 0.192 e. The summed E-state index contributed by atoms with van der Waals surface area (Å²) in [5, 5.41) is 10.6. The minimum atomic E-state index is 0.619. The van der Waals surface area contributed by atoms with Crippen molar-refractivity contribution in [3.05, 3.63) is 28.2 Å². The van der Waals surface area contributed by atoms with Gasteiger partial charge in [-0.2, -0.15) is 5.26 Å². The van der Waals surface area contributed by atoms with Crippen LogP contribution in [-0.2, 0) is 0 Å². The van der Waals surface area contributed by atoms with Crippen LogP contribution in [0, 0.1) is 11.3 Å². The van der Waals surface area contributed by atoms with E-state index in [0.29, 0.717) is 10.6 Å². The molecule has 0 saturated carbocycles. The monoisotopic (exact) mass is 267 g/mol. The Hall–Kier alpha value is -1.05. The van der Waals surface area contributed by atoms with Gasteiger partial charge in [0.25, 0.3) is 0 Å². The van der Waals surface area contributed by atoms with Gasteiger partial charge in [-0.25, -0.2) is 0 Å². The van der Waals surface area contributed by atoms with Crippen LogP contribution in [0.1, 0.15) is 5.56 Å². The van der Waals surface area contributed by atoms with E-state index in [9.17, 15) is 0 Å². The van der Waals surface area contributed by atoms with Crippen molar-refractivity contribution >= 4 is 37.4 Å². The number of methoxy groups -OCH3 is 1. The highest BCUT2D eigenvalue weighted by atomic mass is 79.9. The van der Waals surface area contributed by atoms with Gasteiger partial charge in [-0.05, 0) is 18.2 Å². The average Bonchev–Trinajstić information content (AvgIpc) is 2.54. The maximum atomic E-state index is 8.99. The van der Waals surface area contributed by atoms with Gasteiger partial charge in [0.05, 0.1) is 7.11 Å². The van der Waals surface area contributed by atoms with Crippen LogP contribution in [0.5, 0.6) is 5.06 Å². The molecule has 70 valence electrons. The average molecular weight is 268 g/mol. The van der Waals surface area contributed by atoms with E-state index in [2.05, 4.69) is 22.0 Å². The number of nitrogens with zero attached hydrogens (tertiary/aromatic N) is 1. The molecule has 1 heterocycles. The van der Waals surface area contributed by atoms with E-state index >= 15 is 0 Å². The van der Waals surface area contributed by atoms with E-state index in [4.69, 9.17) is 10.00 Å². The van der Waals surface area contributed by atoms with E-state index in [1.807, 2.05) is 18.2 Å². The molecule has 0 fully saturated rings. The third-order valence-electron chi connectivity index (χ3n) is 1.91. The summed E-state index contributed by atoms with van der Waals surface area (Å²) < 4.78 is 7.19. The smallest absolute Gasteiger partial charge is 0.192 e. The number of rotatable bonds is 1. The highest BCUT2D eigenvalue weighted by Crippen LogP contribution is 2.37. The third-order valence-corrected chi connectivity index (χ3v) is 3.54. The van der Waals surface area contributed by atoms with E-state index in [1.165, 1.54) is 11.3 Å². The number of halogens is 1. The zero-order chi connectivity index (χ0) is 10.1. The normalized spacial score (nSPS) is 10.1. The molecule has 1 aromatic heterocycles. The third kappa shape index (κ3) is 1.39. The number of thiophene rings is 1. The molecule has 4 heteroatoms. The summed E-state index contributed by atoms with van der Waals surface area (Å²) in [6.07, 6.45) is 0. The van der Waals surface area contributed by atoms with Crippen molar-refractivity contribution in [3.8, 4) is 11.1 Å². The number of nitriles is 1. The quantitative estimate of drug-likeness (QED) is 0.792. The zero-order valence-electron chi connectivity index (χ0n) is 7.37. The lowest BCUT2D eigenvalue weighted by Gasteiger charge is -1.92. The fourth-order valence-corrected chi connectivity index (χ4v) is 2.61. The molecule has 0 radical (unpaired) electrons. The molecule has 0 bridgehead atoms. The lowest BCUT2D eigenvalue weighted by atomic mass is 10.2. The number of hydrogen-bond acceptors (Lipinski definition) is 3. The predicted octanol–water partition coefficient (Wildman–Crippen LogP) is 3.54. The molecular formula is C10H6BrNOS. The van der Waals surface area contributed by atoms with Gasteiger partial charge >= 0.3 is 0 Å². The van der Waals surface area contributed by atoms with E-state index in [1.54, 1.807) is 7.11 Å². The lowest BCUT2D eigenvalue weighted by Crippen LogP contribution is -1.80. The first-order chi connectivity index (χ1) is 6.76. The Balaban J connectivity index is 2.83. The van der Waals surface area contributed by atoms with Gasteiger partial charge < -0.3 is 4.74 Å². The molecule has 0 aliphatic carbocycles. The van der Waals surface area contributed by atoms with Crippen molar-refractivity contribution in [1.29, 1.82) is 5.26 Å². The topological polar surface area (TPSA) is 33.0 Å². The molecule has 0 aliphatic rings. The lowest BCUT2D eigenvalue weighted by molar-refractivity contribution is 0.426. The first kappa shape index (κ1) is 9.50. The molecule has 2 aromatic rings. The van der Waals surface area contributed by atoms with Crippen molar-refractivity contribution in [3.63, 3.8) is 0 Å². The Morgan fingerprint density at radius 3 is 2.93 bits per heavy atom. The minimum absolute atomic E-state index is 0.619. The summed E-state index contributed by atoms with van der Waals surface area (Å²) in [5.74, 6) is 0. The van der Waals surface area contributed by atoms with Gasteiger partial charge in [-0.3, -0.25) is 0 Å². The Bertz CT molecular complexity index is 527. The Labute approximate surface area is 93.9 Å². The molecule has 0 spiro atoms. The van der Waals surface area contributed by atoms with Crippen LogP contribution in [0.15, 0.2) is 22.7 Å². The molecule has 0 N–H and O–H groups in total. The van der Waals surface area contributed by atoms with Crippen LogP contribution < -0.4 is 4.74 Å². The van der Waals surface area contributed by atoms with Crippen molar-refractivity contribution < 1.29 is 4.74 Å². The SMILES string of the molecule is COc1sc2ccc(Br)cc2c1C#N.